The first-order valence-electron chi connectivity index (χ1n) is 7.78. The number of sulfonamides is 1. The zero-order valence-electron chi connectivity index (χ0n) is 12.2. The molecule has 118 valence electrons. The van der Waals surface area contributed by atoms with Crippen LogP contribution in [0, 0.1) is 5.92 Å². The van der Waals surface area contributed by atoms with E-state index in [0.717, 1.165) is 25.7 Å². The molecule has 1 aliphatic carbocycles. The summed E-state index contributed by atoms with van der Waals surface area (Å²) in [5, 5.41) is 12.9. The molecule has 1 unspecified atom stereocenters. The summed E-state index contributed by atoms with van der Waals surface area (Å²) in [5.74, 6) is 0.523. The van der Waals surface area contributed by atoms with Gasteiger partial charge in [0.15, 0.2) is 0 Å². The number of aromatic nitrogens is 2. The van der Waals surface area contributed by atoms with Crippen LogP contribution >= 0.6 is 0 Å². The number of nitrogens with zero attached hydrogens (tertiary/aromatic N) is 3. The molecule has 1 aliphatic heterocycles. The van der Waals surface area contributed by atoms with E-state index in [1.165, 1.54) is 29.9 Å². The largest absolute Gasteiger partial charge is 0.394 e. The van der Waals surface area contributed by atoms with E-state index < -0.39 is 10.0 Å². The van der Waals surface area contributed by atoms with E-state index in [-0.39, 0.29) is 17.5 Å². The van der Waals surface area contributed by atoms with Gasteiger partial charge in [-0.25, -0.2) is 8.42 Å². The molecule has 6 nitrogen and oxygen atoms in total. The van der Waals surface area contributed by atoms with Crippen molar-refractivity contribution in [3.63, 3.8) is 0 Å². The molecular formula is C14H23N3O3S. The first-order chi connectivity index (χ1) is 10.1. The third kappa shape index (κ3) is 2.86. The maximum atomic E-state index is 12.8. The van der Waals surface area contributed by atoms with Crippen molar-refractivity contribution >= 4 is 10.0 Å². The Balaban J connectivity index is 1.82. The number of aliphatic hydroxyl groups excluding tert-OH is 1. The molecule has 21 heavy (non-hydrogen) atoms. The van der Waals surface area contributed by atoms with Crippen LogP contribution in [-0.4, -0.2) is 46.8 Å². The molecule has 2 heterocycles. The molecule has 1 aromatic rings. The van der Waals surface area contributed by atoms with Crippen LogP contribution in [0.15, 0.2) is 17.3 Å². The van der Waals surface area contributed by atoms with Gasteiger partial charge in [0.25, 0.3) is 0 Å². The van der Waals surface area contributed by atoms with Crippen LogP contribution in [0.2, 0.25) is 0 Å². The Hall–Kier alpha value is -0.920. The van der Waals surface area contributed by atoms with E-state index in [4.69, 9.17) is 5.11 Å². The first-order valence-corrected chi connectivity index (χ1v) is 9.22. The van der Waals surface area contributed by atoms with E-state index in [2.05, 4.69) is 5.10 Å². The Morgan fingerprint density at radius 2 is 2.00 bits per heavy atom. The highest BCUT2D eigenvalue weighted by Gasteiger charge is 2.40. The van der Waals surface area contributed by atoms with E-state index in [9.17, 15) is 8.42 Å². The highest BCUT2D eigenvalue weighted by molar-refractivity contribution is 7.89. The SMILES string of the molecule is O=S(=O)(c1cnn(CCO)c1)N1CCCC1C1CCCC1. The van der Waals surface area contributed by atoms with Crippen LogP contribution in [0.5, 0.6) is 0 Å². The lowest BCUT2D eigenvalue weighted by Gasteiger charge is -2.28. The summed E-state index contributed by atoms with van der Waals surface area (Å²) in [5.41, 5.74) is 0. The fourth-order valence-corrected chi connectivity index (χ4v) is 5.42. The summed E-state index contributed by atoms with van der Waals surface area (Å²) < 4.78 is 28.8. The van der Waals surface area contributed by atoms with E-state index >= 15 is 0 Å². The maximum absolute atomic E-state index is 12.8. The first kappa shape index (κ1) is 15.0. The highest BCUT2D eigenvalue weighted by Crippen LogP contribution is 2.37. The molecule has 2 aliphatic rings. The molecule has 0 radical (unpaired) electrons. The molecule has 0 spiro atoms. The van der Waals surface area contributed by atoms with Gasteiger partial charge in [-0.3, -0.25) is 4.68 Å². The van der Waals surface area contributed by atoms with Crippen LogP contribution < -0.4 is 0 Å². The lowest BCUT2D eigenvalue weighted by Crippen LogP contribution is -2.39. The third-order valence-corrected chi connectivity index (χ3v) is 6.61. The van der Waals surface area contributed by atoms with Crippen molar-refractivity contribution < 1.29 is 13.5 Å². The molecule has 0 bridgehead atoms. The fourth-order valence-electron chi connectivity index (χ4n) is 3.72. The van der Waals surface area contributed by atoms with Crippen molar-refractivity contribution in [2.75, 3.05) is 13.2 Å². The van der Waals surface area contributed by atoms with Crippen molar-refractivity contribution in [3.05, 3.63) is 12.4 Å². The van der Waals surface area contributed by atoms with Gasteiger partial charge in [0, 0.05) is 18.8 Å². The molecule has 7 heteroatoms. The molecule has 1 atom stereocenters. The Bertz CT molecular complexity index is 578. The second kappa shape index (κ2) is 6.06. The molecule has 1 saturated heterocycles. The van der Waals surface area contributed by atoms with Gasteiger partial charge in [-0.1, -0.05) is 12.8 Å². The average Bonchev–Trinajstić information content (AvgIpc) is 3.20. The van der Waals surface area contributed by atoms with Crippen molar-refractivity contribution in [2.45, 2.75) is 56.0 Å². The standard InChI is InChI=1S/C14H23N3O3S/c18-9-8-16-11-13(10-15-16)21(19,20)17-7-3-6-14(17)12-4-1-2-5-12/h10-12,14,18H,1-9H2. The Morgan fingerprint density at radius 3 is 2.71 bits per heavy atom. The summed E-state index contributed by atoms with van der Waals surface area (Å²) >= 11 is 0. The fraction of sp³-hybridized carbons (Fsp3) is 0.786. The smallest absolute Gasteiger partial charge is 0.246 e. The molecule has 0 aromatic carbocycles. The Kier molecular flexibility index (Phi) is 4.33. The molecular weight excluding hydrogens is 290 g/mol. The van der Waals surface area contributed by atoms with Gasteiger partial charge < -0.3 is 5.11 Å². The quantitative estimate of drug-likeness (QED) is 0.887. The minimum atomic E-state index is -3.45. The molecule has 0 amide bonds. The molecule has 3 rings (SSSR count). The molecule has 1 saturated carbocycles. The minimum Gasteiger partial charge on any atom is -0.394 e. The second-order valence-electron chi connectivity index (χ2n) is 6.03. The lowest BCUT2D eigenvalue weighted by atomic mass is 9.97. The summed E-state index contributed by atoms with van der Waals surface area (Å²) in [6.45, 7) is 0.895. The van der Waals surface area contributed by atoms with Crippen LogP contribution in [0.25, 0.3) is 0 Å². The zero-order chi connectivity index (χ0) is 14.9. The minimum absolute atomic E-state index is 0.0461. The van der Waals surface area contributed by atoms with Crippen molar-refractivity contribution in [1.82, 2.24) is 14.1 Å². The third-order valence-electron chi connectivity index (χ3n) is 4.74. The van der Waals surface area contributed by atoms with E-state index in [1.807, 2.05) is 0 Å². The topological polar surface area (TPSA) is 75.4 Å². The van der Waals surface area contributed by atoms with Gasteiger partial charge in [0.1, 0.15) is 4.90 Å². The van der Waals surface area contributed by atoms with Gasteiger partial charge in [-0.15, -0.1) is 0 Å². The maximum Gasteiger partial charge on any atom is 0.246 e. The van der Waals surface area contributed by atoms with Gasteiger partial charge in [-0.05, 0) is 31.6 Å². The number of hydrogen-bond acceptors (Lipinski definition) is 4. The van der Waals surface area contributed by atoms with E-state index in [1.54, 1.807) is 4.31 Å². The summed E-state index contributed by atoms with van der Waals surface area (Å²) in [6, 6.07) is 0.165. The molecule has 1 N–H and O–H groups in total. The van der Waals surface area contributed by atoms with Gasteiger partial charge in [0.2, 0.25) is 10.0 Å². The van der Waals surface area contributed by atoms with E-state index in [0.29, 0.717) is 19.0 Å². The zero-order valence-corrected chi connectivity index (χ0v) is 13.0. The summed E-state index contributed by atoms with van der Waals surface area (Å²) in [7, 11) is -3.45. The monoisotopic (exact) mass is 313 g/mol. The van der Waals surface area contributed by atoms with Gasteiger partial charge in [0.05, 0.1) is 19.3 Å². The second-order valence-corrected chi connectivity index (χ2v) is 7.92. The Morgan fingerprint density at radius 1 is 1.24 bits per heavy atom. The average molecular weight is 313 g/mol. The van der Waals surface area contributed by atoms with Crippen LogP contribution in [0.1, 0.15) is 38.5 Å². The van der Waals surface area contributed by atoms with Crippen molar-refractivity contribution in [3.8, 4) is 0 Å². The summed E-state index contributed by atoms with van der Waals surface area (Å²) in [4.78, 5) is 0.251. The van der Waals surface area contributed by atoms with Crippen LogP contribution in [0.4, 0.5) is 0 Å². The van der Waals surface area contributed by atoms with Crippen molar-refractivity contribution in [1.29, 1.82) is 0 Å². The lowest BCUT2D eigenvalue weighted by molar-refractivity contribution is 0.269. The predicted octanol–water partition coefficient (Wildman–Crippen LogP) is 1.22. The highest BCUT2D eigenvalue weighted by atomic mass is 32.2. The normalized spacial score (nSPS) is 24.9. The van der Waals surface area contributed by atoms with Gasteiger partial charge in [-0.2, -0.15) is 9.40 Å². The van der Waals surface area contributed by atoms with Gasteiger partial charge >= 0.3 is 0 Å². The summed E-state index contributed by atoms with van der Waals surface area (Å²) in [6.07, 6.45) is 9.61. The Labute approximate surface area is 125 Å². The van der Waals surface area contributed by atoms with Crippen LogP contribution in [0.3, 0.4) is 0 Å². The van der Waals surface area contributed by atoms with Crippen LogP contribution in [-0.2, 0) is 16.6 Å². The number of hydrogen-bond donors (Lipinski definition) is 1. The predicted molar refractivity (Wildman–Crippen MR) is 78.2 cm³/mol. The molecule has 2 fully saturated rings. The van der Waals surface area contributed by atoms with Crippen molar-refractivity contribution in [2.24, 2.45) is 5.92 Å². The molecule has 1 aromatic heterocycles. The number of rotatable bonds is 5. The number of aliphatic hydroxyl groups is 1.